The van der Waals surface area contributed by atoms with Gasteiger partial charge in [0.1, 0.15) is 11.9 Å². The fourth-order valence-electron chi connectivity index (χ4n) is 3.89. The Kier molecular flexibility index (Phi) is 11.2. The molecule has 1 unspecified atom stereocenters. The quantitative estimate of drug-likeness (QED) is 0.263. The number of para-hydroxylation sites is 2. The molecule has 1 heterocycles. The summed E-state index contributed by atoms with van der Waals surface area (Å²) in [6.07, 6.45) is 1.62. The molecule has 0 bridgehead atoms. The van der Waals surface area contributed by atoms with Crippen molar-refractivity contribution in [3.05, 3.63) is 59.9 Å². The lowest BCUT2D eigenvalue weighted by atomic mass is 9.74. The number of nitrogens with zero attached hydrogens (tertiary/aromatic N) is 1. The fraction of sp³-hybridized carbons (Fsp3) is 0.480. The molecule has 182 valence electrons. The third-order valence-electron chi connectivity index (χ3n) is 5.74. The minimum Gasteiger partial charge on any atom is -0.493 e. The Hall–Kier alpha value is -2.07. The summed E-state index contributed by atoms with van der Waals surface area (Å²) in [6, 6.07) is 14.4. The molecule has 0 saturated carbocycles. The van der Waals surface area contributed by atoms with Crippen LogP contribution in [0.25, 0.3) is 0 Å². The molecule has 0 radical (unpaired) electrons. The van der Waals surface area contributed by atoms with E-state index in [0.29, 0.717) is 37.8 Å². The zero-order valence-corrected chi connectivity index (χ0v) is 21.9. The van der Waals surface area contributed by atoms with Crippen LogP contribution in [0.4, 0.5) is 4.39 Å². The third-order valence-corrected chi connectivity index (χ3v) is 5.74. The van der Waals surface area contributed by atoms with Crippen molar-refractivity contribution < 1.29 is 18.6 Å². The lowest BCUT2D eigenvalue weighted by molar-refractivity contribution is 0.0531. The van der Waals surface area contributed by atoms with Crippen molar-refractivity contribution in [2.75, 3.05) is 40.0 Å². The first kappa shape index (κ1) is 27.2. The first-order valence-corrected chi connectivity index (χ1v) is 11.2. The monoisotopic (exact) mass is 571 g/mol. The molecule has 0 amide bonds. The lowest BCUT2D eigenvalue weighted by Crippen LogP contribution is -2.43. The normalized spacial score (nSPS) is 16.3. The number of hydrogen-bond acceptors (Lipinski definition) is 4. The molecule has 1 atom stereocenters. The molecule has 1 saturated heterocycles. The van der Waals surface area contributed by atoms with Gasteiger partial charge >= 0.3 is 0 Å². The average molecular weight is 571 g/mol. The summed E-state index contributed by atoms with van der Waals surface area (Å²) in [6.45, 7) is 7.33. The van der Waals surface area contributed by atoms with E-state index in [1.165, 1.54) is 12.1 Å². The molecule has 2 aromatic rings. The molecule has 1 aliphatic heterocycles. The van der Waals surface area contributed by atoms with Crippen molar-refractivity contribution in [1.29, 1.82) is 0 Å². The second-order valence-electron chi connectivity index (χ2n) is 8.05. The summed E-state index contributed by atoms with van der Waals surface area (Å²) in [5, 5.41) is 6.69. The molecule has 2 N–H and O–H groups in total. The molecule has 0 aromatic heterocycles. The fourth-order valence-corrected chi connectivity index (χ4v) is 3.89. The molecule has 0 spiro atoms. The number of guanidine groups is 1. The van der Waals surface area contributed by atoms with Crippen LogP contribution in [0, 0.1) is 5.82 Å². The number of ether oxygens (including phenoxy) is 3. The van der Waals surface area contributed by atoms with Gasteiger partial charge in [0.25, 0.3) is 0 Å². The summed E-state index contributed by atoms with van der Waals surface area (Å²) in [5.41, 5.74) is 0.947. The van der Waals surface area contributed by atoms with E-state index in [1.807, 2.05) is 50.2 Å². The number of halogens is 2. The Bertz CT molecular complexity index is 873. The van der Waals surface area contributed by atoms with Gasteiger partial charge in [-0.2, -0.15) is 0 Å². The second kappa shape index (κ2) is 13.6. The number of nitrogens with one attached hydrogen (secondary N) is 2. The molecule has 2 aromatic carbocycles. The van der Waals surface area contributed by atoms with Gasteiger partial charge in [0.05, 0.1) is 20.2 Å². The van der Waals surface area contributed by atoms with Crippen molar-refractivity contribution in [2.24, 2.45) is 4.99 Å². The Morgan fingerprint density at radius 1 is 1.09 bits per heavy atom. The van der Waals surface area contributed by atoms with E-state index in [4.69, 9.17) is 19.2 Å². The van der Waals surface area contributed by atoms with E-state index >= 15 is 0 Å². The van der Waals surface area contributed by atoms with Crippen LogP contribution in [0.15, 0.2) is 53.5 Å². The van der Waals surface area contributed by atoms with Crippen LogP contribution >= 0.6 is 24.0 Å². The van der Waals surface area contributed by atoms with E-state index in [0.717, 1.165) is 30.9 Å². The molecular weight excluding hydrogens is 536 g/mol. The maximum atomic E-state index is 13.5. The summed E-state index contributed by atoms with van der Waals surface area (Å²) >= 11 is 0. The highest BCUT2D eigenvalue weighted by Crippen LogP contribution is 2.35. The first-order chi connectivity index (χ1) is 15.6. The summed E-state index contributed by atoms with van der Waals surface area (Å²) in [7, 11) is 1.63. The van der Waals surface area contributed by atoms with Crippen molar-refractivity contribution in [1.82, 2.24) is 10.6 Å². The van der Waals surface area contributed by atoms with E-state index in [-0.39, 0.29) is 41.3 Å². The van der Waals surface area contributed by atoms with Crippen LogP contribution in [0.2, 0.25) is 0 Å². The molecule has 33 heavy (non-hydrogen) atoms. The SMILES string of the molecule is CCNC(=NCC1(c2ccc(F)cc2)CCOCC1)NCC(C)Oc1ccccc1OC.I. The topological polar surface area (TPSA) is 64.1 Å². The van der Waals surface area contributed by atoms with Crippen LogP contribution in [-0.4, -0.2) is 52.0 Å². The zero-order valence-electron chi connectivity index (χ0n) is 19.6. The maximum Gasteiger partial charge on any atom is 0.191 e. The van der Waals surface area contributed by atoms with Gasteiger partial charge in [-0.15, -0.1) is 24.0 Å². The van der Waals surface area contributed by atoms with Gasteiger partial charge in [0.2, 0.25) is 0 Å². The van der Waals surface area contributed by atoms with Gasteiger partial charge in [-0.05, 0) is 56.5 Å². The Labute approximate surface area is 213 Å². The highest BCUT2D eigenvalue weighted by atomic mass is 127. The summed E-state index contributed by atoms with van der Waals surface area (Å²) in [5.74, 6) is 1.93. The van der Waals surface area contributed by atoms with Crippen molar-refractivity contribution >= 4 is 29.9 Å². The first-order valence-electron chi connectivity index (χ1n) is 11.2. The minimum absolute atomic E-state index is 0. The van der Waals surface area contributed by atoms with Crippen LogP contribution in [0.1, 0.15) is 32.3 Å². The molecule has 8 heteroatoms. The minimum atomic E-state index is -0.224. The molecule has 3 rings (SSSR count). The number of aliphatic imine (C=N–C) groups is 1. The van der Waals surface area contributed by atoms with Gasteiger partial charge in [0, 0.05) is 25.2 Å². The van der Waals surface area contributed by atoms with Crippen molar-refractivity contribution in [2.45, 2.75) is 38.2 Å². The van der Waals surface area contributed by atoms with E-state index < -0.39 is 0 Å². The van der Waals surface area contributed by atoms with Gasteiger partial charge in [-0.25, -0.2) is 4.39 Å². The smallest absolute Gasteiger partial charge is 0.191 e. The summed E-state index contributed by atoms with van der Waals surface area (Å²) in [4.78, 5) is 4.89. The molecule has 6 nitrogen and oxygen atoms in total. The highest BCUT2D eigenvalue weighted by molar-refractivity contribution is 14.0. The van der Waals surface area contributed by atoms with Gasteiger partial charge in [-0.3, -0.25) is 4.99 Å². The Morgan fingerprint density at radius 3 is 2.39 bits per heavy atom. The third kappa shape index (κ3) is 7.74. The van der Waals surface area contributed by atoms with Crippen LogP contribution < -0.4 is 20.1 Å². The van der Waals surface area contributed by atoms with Gasteiger partial charge < -0.3 is 24.8 Å². The van der Waals surface area contributed by atoms with Gasteiger partial charge in [-0.1, -0.05) is 24.3 Å². The predicted octanol–water partition coefficient (Wildman–Crippen LogP) is 4.52. The lowest BCUT2D eigenvalue weighted by Gasteiger charge is -2.36. The Morgan fingerprint density at radius 2 is 1.76 bits per heavy atom. The van der Waals surface area contributed by atoms with E-state index in [2.05, 4.69) is 10.6 Å². The molecular formula is C25H35FIN3O3. The van der Waals surface area contributed by atoms with Crippen LogP contribution in [-0.2, 0) is 10.2 Å². The molecule has 1 fully saturated rings. The van der Waals surface area contributed by atoms with Crippen LogP contribution in [0.3, 0.4) is 0 Å². The largest absolute Gasteiger partial charge is 0.493 e. The molecule has 1 aliphatic rings. The van der Waals surface area contributed by atoms with E-state index in [1.54, 1.807) is 7.11 Å². The average Bonchev–Trinajstić information content (AvgIpc) is 2.82. The zero-order chi connectivity index (χ0) is 22.8. The number of rotatable bonds is 9. The Balaban J connectivity index is 0.00000385. The van der Waals surface area contributed by atoms with Gasteiger partial charge in [0.15, 0.2) is 17.5 Å². The predicted molar refractivity (Wildman–Crippen MR) is 141 cm³/mol. The summed E-state index contributed by atoms with van der Waals surface area (Å²) < 4.78 is 30.5. The van der Waals surface area contributed by atoms with Crippen molar-refractivity contribution in [3.63, 3.8) is 0 Å². The number of methoxy groups -OCH3 is 1. The van der Waals surface area contributed by atoms with Crippen molar-refractivity contribution in [3.8, 4) is 11.5 Å². The maximum absolute atomic E-state index is 13.5. The highest BCUT2D eigenvalue weighted by Gasteiger charge is 2.34. The molecule has 0 aliphatic carbocycles. The number of hydrogen-bond donors (Lipinski definition) is 2. The standard InChI is InChI=1S/C25H34FN3O3.HI/c1-4-27-24(28-17-19(2)32-23-8-6-5-7-22(23)30-3)29-18-25(13-15-31-16-14-25)20-9-11-21(26)12-10-20;/h5-12,19H,4,13-18H2,1-3H3,(H2,27,28,29);1H. The van der Waals surface area contributed by atoms with E-state index in [9.17, 15) is 4.39 Å². The van der Waals surface area contributed by atoms with Crippen LogP contribution in [0.5, 0.6) is 11.5 Å². The number of benzene rings is 2. The second-order valence-corrected chi connectivity index (χ2v) is 8.05.